The molecule has 2 aliphatic rings. The molecule has 1 amide bonds. The highest BCUT2D eigenvalue weighted by Gasteiger charge is 2.30. The predicted molar refractivity (Wildman–Crippen MR) is 129 cm³/mol. The SMILES string of the molecule is N#Cc1ccccc1S(=O)(=O)N1CCN(CCC(=O)Nc2ccc(N3CCOCC3)cc2)CC1. The van der Waals surface area contributed by atoms with E-state index in [9.17, 15) is 18.5 Å². The second-order valence-corrected chi connectivity index (χ2v) is 10.2. The minimum absolute atomic E-state index is 0.0463. The van der Waals surface area contributed by atoms with Crippen molar-refractivity contribution in [1.82, 2.24) is 9.21 Å². The van der Waals surface area contributed by atoms with Gasteiger partial charge in [0.2, 0.25) is 15.9 Å². The number of amides is 1. The number of morpholine rings is 1. The highest BCUT2D eigenvalue weighted by molar-refractivity contribution is 7.89. The van der Waals surface area contributed by atoms with Crippen molar-refractivity contribution in [2.75, 3.05) is 69.2 Å². The Balaban J connectivity index is 1.23. The fraction of sp³-hybridized carbons (Fsp3) is 0.417. The zero-order valence-electron chi connectivity index (χ0n) is 19.0. The third kappa shape index (κ3) is 5.74. The number of anilines is 2. The number of nitriles is 1. The standard InChI is InChI=1S/C24H29N5O4S/c25-19-20-3-1-2-4-23(20)34(31,32)29-13-11-27(12-14-29)10-9-24(30)26-21-5-7-22(8-6-21)28-15-17-33-18-16-28/h1-8H,9-18H2,(H,26,30). The lowest BCUT2D eigenvalue weighted by Crippen LogP contribution is -2.49. The highest BCUT2D eigenvalue weighted by atomic mass is 32.2. The number of hydrogen-bond acceptors (Lipinski definition) is 7. The van der Waals surface area contributed by atoms with E-state index in [-0.39, 0.29) is 16.4 Å². The van der Waals surface area contributed by atoms with Crippen molar-refractivity contribution in [1.29, 1.82) is 5.26 Å². The molecule has 10 heteroatoms. The Kier molecular flexibility index (Phi) is 7.80. The first-order valence-electron chi connectivity index (χ1n) is 11.4. The van der Waals surface area contributed by atoms with Gasteiger partial charge in [0.05, 0.1) is 23.7 Å². The first-order valence-corrected chi connectivity index (χ1v) is 12.9. The van der Waals surface area contributed by atoms with E-state index in [1.54, 1.807) is 12.1 Å². The quantitative estimate of drug-likeness (QED) is 0.639. The maximum Gasteiger partial charge on any atom is 0.244 e. The zero-order chi connectivity index (χ0) is 24.0. The van der Waals surface area contributed by atoms with Gasteiger partial charge >= 0.3 is 0 Å². The van der Waals surface area contributed by atoms with Crippen LogP contribution in [0.25, 0.3) is 0 Å². The van der Waals surface area contributed by atoms with E-state index in [1.807, 2.05) is 30.3 Å². The molecule has 0 aliphatic carbocycles. The molecule has 2 saturated heterocycles. The van der Waals surface area contributed by atoms with E-state index in [0.717, 1.165) is 37.7 Å². The van der Waals surface area contributed by atoms with Crippen molar-refractivity contribution >= 4 is 27.3 Å². The van der Waals surface area contributed by atoms with Crippen molar-refractivity contribution in [2.45, 2.75) is 11.3 Å². The summed E-state index contributed by atoms with van der Waals surface area (Å²) in [5.41, 5.74) is 2.03. The van der Waals surface area contributed by atoms with Gasteiger partial charge in [-0.15, -0.1) is 0 Å². The highest BCUT2D eigenvalue weighted by Crippen LogP contribution is 2.22. The smallest absolute Gasteiger partial charge is 0.244 e. The van der Waals surface area contributed by atoms with Crippen LogP contribution < -0.4 is 10.2 Å². The third-order valence-electron chi connectivity index (χ3n) is 6.14. The van der Waals surface area contributed by atoms with E-state index in [1.165, 1.54) is 16.4 Å². The molecular weight excluding hydrogens is 454 g/mol. The summed E-state index contributed by atoms with van der Waals surface area (Å²) in [5, 5.41) is 12.2. The van der Waals surface area contributed by atoms with Crippen LogP contribution in [0.3, 0.4) is 0 Å². The molecule has 2 aromatic carbocycles. The Morgan fingerprint density at radius 2 is 1.65 bits per heavy atom. The first kappa shape index (κ1) is 24.2. The Hall–Kier alpha value is -2.97. The van der Waals surface area contributed by atoms with E-state index in [4.69, 9.17) is 4.74 Å². The number of piperazine rings is 1. The summed E-state index contributed by atoms with van der Waals surface area (Å²) in [6.07, 6.45) is 0.329. The molecule has 180 valence electrons. The number of rotatable bonds is 7. The average Bonchev–Trinajstić information content (AvgIpc) is 2.88. The number of carbonyl (C=O) groups excluding carboxylic acids is 1. The first-order chi connectivity index (χ1) is 16.5. The molecule has 0 aromatic heterocycles. The fourth-order valence-electron chi connectivity index (χ4n) is 4.18. The lowest BCUT2D eigenvalue weighted by molar-refractivity contribution is -0.116. The largest absolute Gasteiger partial charge is 0.378 e. The van der Waals surface area contributed by atoms with Crippen molar-refractivity contribution in [3.63, 3.8) is 0 Å². The molecule has 1 N–H and O–H groups in total. The molecule has 2 heterocycles. The molecular formula is C24H29N5O4S. The number of carbonyl (C=O) groups is 1. The van der Waals surface area contributed by atoms with Crippen LogP contribution in [0.2, 0.25) is 0 Å². The van der Waals surface area contributed by atoms with Gasteiger partial charge in [0.1, 0.15) is 6.07 Å². The summed E-state index contributed by atoms with van der Waals surface area (Å²) in [7, 11) is -3.72. The van der Waals surface area contributed by atoms with Crippen LogP contribution in [0.5, 0.6) is 0 Å². The number of hydrogen-bond donors (Lipinski definition) is 1. The molecule has 2 aromatic rings. The van der Waals surface area contributed by atoms with Crippen LogP contribution in [-0.4, -0.2) is 82.6 Å². The van der Waals surface area contributed by atoms with Gasteiger partial charge in [0.15, 0.2) is 0 Å². The summed E-state index contributed by atoms with van der Waals surface area (Å²) < 4.78 is 32.7. The number of benzene rings is 2. The number of ether oxygens (including phenoxy) is 1. The molecule has 34 heavy (non-hydrogen) atoms. The summed E-state index contributed by atoms with van der Waals surface area (Å²) >= 11 is 0. The van der Waals surface area contributed by atoms with Gasteiger partial charge in [-0.25, -0.2) is 8.42 Å². The summed E-state index contributed by atoms with van der Waals surface area (Å²) in [6.45, 7) is 5.47. The number of nitrogens with zero attached hydrogens (tertiary/aromatic N) is 4. The Morgan fingerprint density at radius 3 is 2.32 bits per heavy atom. The summed E-state index contributed by atoms with van der Waals surface area (Å²) in [5.74, 6) is -0.0721. The van der Waals surface area contributed by atoms with Crippen LogP contribution in [-0.2, 0) is 19.6 Å². The molecule has 4 rings (SSSR count). The van der Waals surface area contributed by atoms with E-state index in [0.29, 0.717) is 39.1 Å². The summed E-state index contributed by atoms with van der Waals surface area (Å²) in [6, 6.07) is 16.0. The van der Waals surface area contributed by atoms with Crippen LogP contribution in [0.15, 0.2) is 53.4 Å². The van der Waals surface area contributed by atoms with Gasteiger partial charge in [-0.1, -0.05) is 12.1 Å². The van der Waals surface area contributed by atoms with Crippen molar-refractivity contribution < 1.29 is 17.9 Å². The van der Waals surface area contributed by atoms with Crippen molar-refractivity contribution in [3.8, 4) is 6.07 Å². The van der Waals surface area contributed by atoms with Crippen molar-refractivity contribution in [2.24, 2.45) is 0 Å². The van der Waals surface area contributed by atoms with E-state index in [2.05, 4.69) is 15.1 Å². The maximum absolute atomic E-state index is 13.0. The van der Waals surface area contributed by atoms with Crippen LogP contribution in [0.1, 0.15) is 12.0 Å². The molecule has 2 aliphatic heterocycles. The van der Waals surface area contributed by atoms with Crippen LogP contribution in [0, 0.1) is 11.3 Å². The second kappa shape index (κ2) is 11.0. The minimum Gasteiger partial charge on any atom is -0.378 e. The zero-order valence-corrected chi connectivity index (χ0v) is 19.8. The second-order valence-electron chi connectivity index (χ2n) is 8.30. The van der Waals surface area contributed by atoms with Crippen molar-refractivity contribution in [3.05, 3.63) is 54.1 Å². The van der Waals surface area contributed by atoms with Gasteiger partial charge in [0.25, 0.3) is 0 Å². The Bertz CT molecular complexity index is 1130. The van der Waals surface area contributed by atoms with Gasteiger partial charge in [-0.2, -0.15) is 9.57 Å². The van der Waals surface area contributed by atoms with E-state index >= 15 is 0 Å². The Morgan fingerprint density at radius 1 is 0.971 bits per heavy atom. The monoisotopic (exact) mass is 483 g/mol. The Labute approximate surface area is 200 Å². The van der Waals surface area contributed by atoms with Gasteiger partial charge in [-0.3, -0.25) is 4.79 Å². The molecule has 0 saturated carbocycles. The summed E-state index contributed by atoms with van der Waals surface area (Å²) in [4.78, 5) is 16.8. The molecule has 0 atom stereocenters. The molecule has 2 fully saturated rings. The molecule has 0 radical (unpaired) electrons. The topological polar surface area (TPSA) is 106 Å². The van der Waals surface area contributed by atoms with Crippen LogP contribution >= 0.6 is 0 Å². The van der Waals surface area contributed by atoms with Gasteiger partial charge in [0, 0.05) is 63.6 Å². The molecule has 0 bridgehead atoms. The molecule has 0 unspecified atom stereocenters. The van der Waals surface area contributed by atoms with Gasteiger partial charge in [-0.05, 0) is 36.4 Å². The normalized spacial score (nSPS) is 17.8. The average molecular weight is 484 g/mol. The van der Waals surface area contributed by atoms with Gasteiger partial charge < -0.3 is 19.9 Å². The van der Waals surface area contributed by atoms with Crippen LogP contribution in [0.4, 0.5) is 11.4 Å². The third-order valence-corrected chi connectivity index (χ3v) is 8.10. The maximum atomic E-state index is 13.0. The minimum atomic E-state index is -3.72. The molecule has 9 nitrogen and oxygen atoms in total. The molecule has 0 spiro atoms. The fourth-order valence-corrected chi connectivity index (χ4v) is 5.74. The van der Waals surface area contributed by atoms with E-state index < -0.39 is 10.0 Å². The lowest BCUT2D eigenvalue weighted by Gasteiger charge is -2.34. The predicted octanol–water partition coefficient (Wildman–Crippen LogP) is 1.73. The lowest BCUT2D eigenvalue weighted by atomic mass is 10.2. The number of nitrogens with one attached hydrogen (secondary N) is 1. The number of sulfonamides is 1.